The first-order chi connectivity index (χ1) is 5.74. The molecule has 1 atom stereocenters. The summed E-state index contributed by atoms with van der Waals surface area (Å²) < 4.78 is 4.94. The maximum atomic E-state index is 9.82. The summed E-state index contributed by atoms with van der Waals surface area (Å²) in [6.45, 7) is 9.89. The highest BCUT2D eigenvalue weighted by Gasteiger charge is 2.04. The zero-order valence-corrected chi connectivity index (χ0v) is 9.63. The highest BCUT2D eigenvalue weighted by atomic mass is 16.5. The van der Waals surface area contributed by atoms with E-state index in [9.17, 15) is 4.79 Å². The topological polar surface area (TPSA) is 52.3 Å². The molecule has 0 aliphatic rings. The van der Waals surface area contributed by atoms with Gasteiger partial charge < -0.3 is 15.3 Å². The van der Waals surface area contributed by atoms with Gasteiger partial charge in [-0.2, -0.15) is 0 Å². The predicted octanol–water partition coefficient (Wildman–Crippen LogP) is 1.60. The summed E-state index contributed by atoms with van der Waals surface area (Å²) in [4.78, 5) is 9.82. The molecular formula is C10H23NO2. The Hall–Kier alpha value is -0.410. The maximum Gasteiger partial charge on any atom is 0.136 e. The molecule has 3 nitrogen and oxygen atoms in total. The van der Waals surface area contributed by atoms with Gasteiger partial charge >= 0.3 is 0 Å². The molecule has 0 aromatic heterocycles. The van der Waals surface area contributed by atoms with E-state index in [1.165, 1.54) is 0 Å². The molecule has 0 spiro atoms. The fourth-order valence-corrected chi connectivity index (χ4v) is 0.157. The van der Waals surface area contributed by atoms with Gasteiger partial charge in [0.15, 0.2) is 0 Å². The number of rotatable bonds is 2. The summed E-state index contributed by atoms with van der Waals surface area (Å²) in [5.74, 6) is 0.275. The van der Waals surface area contributed by atoms with Crippen LogP contribution in [-0.2, 0) is 9.53 Å². The highest BCUT2D eigenvalue weighted by Crippen LogP contribution is 2.02. The van der Waals surface area contributed by atoms with Gasteiger partial charge in [-0.15, -0.1) is 0 Å². The van der Waals surface area contributed by atoms with Crippen molar-refractivity contribution >= 4 is 6.29 Å². The van der Waals surface area contributed by atoms with E-state index < -0.39 is 0 Å². The number of carbonyl (C=O) groups is 1. The molecule has 0 aromatic carbocycles. The Morgan fingerprint density at radius 2 is 1.62 bits per heavy atom. The minimum atomic E-state index is -0.278. The van der Waals surface area contributed by atoms with Gasteiger partial charge in [0.25, 0.3) is 0 Å². The van der Waals surface area contributed by atoms with Crippen LogP contribution in [0, 0.1) is 5.92 Å². The lowest BCUT2D eigenvalue weighted by Gasteiger charge is -2.14. The van der Waals surface area contributed by atoms with Crippen molar-refractivity contribution in [2.75, 3.05) is 7.11 Å². The van der Waals surface area contributed by atoms with E-state index in [1.54, 1.807) is 7.11 Å². The van der Waals surface area contributed by atoms with Crippen LogP contribution in [0.3, 0.4) is 0 Å². The normalized spacial score (nSPS) is 13.2. The summed E-state index contributed by atoms with van der Waals surface area (Å²) >= 11 is 0. The van der Waals surface area contributed by atoms with Gasteiger partial charge in [-0.1, -0.05) is 13.8 Å². The summed E-state index contributed by atoms with van der Waals surface area (Å²) in [5.41, 5.74) is 5.29. The van der Waals surface area contributed by atoms with Crippen LogP contribution in [0.25, 0.3) is 0 Å². The third kappa shape index (κ3) is 14.4. The smallest absolute Gasteiger partial charge is 0.136 e. The van der Waals surface area contributed by atoms with Crippen LogP contribution in [0.1, 0.15) is 34.6 Å². The van der Waals surface area contributed by atoms with Crippen LogP contribution in [-0.4, -0.2) is 25.0 Å². The lowest BCUT2D eigenvalue weighted by molar-refractivity contribution is -0.109. The monoisotopic (exact) mass is 189 g/mol. The van der Waals surface area contributed by atoms with E-state index >= 15 is 0 Å². The van der Waals surface area contributed by atoms with Gasteiger partial charge in [0.1, 0.15) is 6.29 Å². The van der Waals surface area contributed by atoms with E-state index in [-0.39, 0.29) is 17.6 Å². The van der Waals surface area contributed by atoms with Crippen molar-refractivity contribution < 1.29 is 9.53 Å². The highest BCUT2D eigenvalue weighted by molar-refractivity contribution is 5.57. The van der Waals surface area contributed by atoms with Crippen molar-refractivity contribution in [1.29, 1.82) is 0 Å². The lowest BCUT2D eigenvalue weighted by atomic mass is 10.1. The first kappa shape index (κ1) is 15.1. The molecule has 0 amide bonds. The maximum absolute atomic E-state index is 9.82. The molecular weight excluding hydrogens is 166 g/mol. The summed E-state index contributed by atoms with van der Waals surface area (Å²) in [7, 11) is 1.71. The molecule has 80 valence electrons. The molecule has 0 fully saturated rings. The summed E-state index contributed by atoms with van der Waals surface area (Å²) in [6.07, 6.45) is 0.769. The van der Waals surface area contributed by atoms with Crippen molar-refractivity contribution in [1.82, 2.24) is 0 Å². The quantitative estimate of drug-likeness (QED) is 0.671. The molecule has 0 rings (SSSR count). The van der Waals surface area contributed by atoms with Crippen LogP contribution in [0.15, 0.2) is 0 Å². The Labute approximate surface area is 81.6 Å². The SMILES string of the molecule is CC(C)C(N)C=O.COC(C)(C)C. The van der Waals surface area contributed by atoms with Crippen molar-refractivity contribution in [3.8, 4) is 0 Å². The number of methoxy groups -OCH3 is 1. The number of carbonyl (C=O) groups excluding carboxylic acids is 1. The molecule has 0 heterocycles. The number of hydrogen-bond acceptors (Lipinski definition) is 3. The molecule has 0 aliphatic carbocycles. The Kier molecular flexibility index (Phi) is 8.16. The van der Waals surface area contributed by atoms with Crippen molar-refractivity contribution in [3.05, 3.63) is 0 Å². The Bertz CT molecular complexity index is 127. The van der Waals surface area contributed by atoms with E-state index in [1.807, 2.05) is 34.6 Å². The zero-order chi connectivity index (χ0) is 11.1. The minimum Gasteiger partial charge on any atom is -0.379 e. The second-order valence-corrected chi connectivity index (χ2v) is 4.27. The first-order valence-electron chi connectivity index (χ1n) is 4.50. The molecule has 0 saturated heterocycles. The van der Waals surface area contributed by atoms with Crippen molar-refractivity contribution in [3.63, 3.8) is 0 Å². The average molecular weight is 189 g/mol. The molecule has 0 bridgehead atoms. The van der Waals surface area contributed by atoms with Gasteiger partial charge in [0.2, 0.25) is 0 Å². The van der Waals surface area contributed by atoms with Crippen molar-refractivity contribution in [2.45, 2.75) is 46.3 Å². The van der Waals surface area contributed by atoms with Gasteiger partial charge in [-0.3, -0.25) is 0 Å². The predicted molar refractivity (Wildman–Crippen MR) is 55.6 cm³/mol. The third-order valence-electron chi connectivity index (χ3n) is 1.54. The molecule has 2 N–H and O–H groups in total. The van der Waals surface area contributed by atoms with E-state index in [0.717, 1.165) is 6.29 Å². The minimum absolute atomic E-state index is 0.0417. The zero-order valence-electron chi connectivity index (χ0n) is 9.63. The first-order valence-corrected chi connectivity index (χ1v) is 4.50. The number of ether oxygens (including phenoxy) is 1. The summed E-state index contributed by atoms with van der Waals surface area (Å²) in [6, 6.07) is -0.278. The molecule has 13 heavy (non-hydrogen) atoms. The Morgan fingerprint density at radius 3 is 1.62 bits per heavy atom. The van der Waals surface area contributed by atoms with Crippen LogP contribution in [0.4, 0.5) is 0 Å². The molecule has 0 aromatic rings. The van der Waals surface area contributed by atoms with Crippen LogP contribution >= 0.6 is 0 Å². The van der Waals surface area contributed by atoms with E-state index in [2.05, 4.69) is 0 Å². The van der Waals surface area contributed by atoms with Gasteiger partial charge in [0, 0.05) is 7.11 Å². The van der Waals surface area contributed by atoms with E-state index in [4.69, 9.17) is 10.5 Å². The summed E-state index contributed by atoms with van der Waals surface area (Å²) in [5, 5.41) is 0. The molecule has 0 aliphatic heterocycles. The average Bonchev–Trinajstić information content (AvgIpc) is 2.02. The Balaban J connectivity index is 0. The largest absolute Gasteiger partial charge is 0.379 e. The molecule has 0 radical (unpaired) electrons. The second-order valence-electron chi connectivity index (χ2n) is 4.27. The fraction of sp³-hybridized carbons (Fsp3) is 0.900. The van der Waals surface area contributed by atoms with Gasteiger partial charge in [-0.25, -0.2) is 0 Å². The third-order valence-corrected chi connectivity index (χ3v) is 1.54. The van der Waals surface area contributed by atoms with Gasteiger partial charge in [0.05, 0.1) is 11.6 Å². The van der Waals surface area contributed by atoms with Crippen molar-refractivity contribution in [2.24, 2.45) is 11.7 Å². The molecule has 3 heteroatoms. The number of hydrogen-bond donors (Lipinski definition) is 1. The second kappa shape index (κ2) is 7.04. The van der Waals surface area contributed by atoms with E-state index in [0.29, 0.717) is 0 Å². The standard InChI is InChI=1S/C5H11NO.C5H12O/c1-4(2)5(6)3-7;1-5(2,3)6-4/h3-5H,6H2,1-2H3;1-4H3. The van der Waals surface area contributed by atoms with Crippen LogP contribution in [0.5, 0.6) is 0 Å². The fourth-order valence-electron chi connectivity index (χ4n) is 0.157. The lowest BCUT2D eigenvalue weighted by Crippen LogP contribution is -2.27. The number of nitrogens with two attached hydrogens (primary N) is 1. The molecule has 0 saturated carbocycles. The van der Waals surface area contributed by atoms with Crippen LogP contribution < -0.4 is 5.73 Å². The van der Waals surface area contributed by atoms with Gasteiger partial charge in [-0.05, 0) is 26.7 Å². The molecule has 1 unspecified atom stereocenters. The Morgan fingerprint density at radius 1 is 1.31 bits per heavy atom. The van der Waals surface area contributed by atoms with Crippen LogP contribution in [0.2, 0.25) is 0 Å². The number of aldehydes is 1.